The summed E-state index contributed by atoms with van der Waals surface area (Å²) in [6, 6.07) is 6.86. The maximum atomic E-state index is 12.3. The van der Waals surface area contributed by atoms with E-state index in [2.05, 4.69) is 0 Å². The Kier molecular flexibility index (Phi) is 2.96. The third-order valence-electron chi connectivity index (χ3n) is 3.45. The minimum absolute atomic E-state index is 0.0155. The molecule has 1 aromatic rings. The molecule has 2 fully saturated rings. The fourth-order valence-corrected chi connectivity index (χ4v) is 2.34. The predicted molar refractivity (Wildman–Crippen MR) is 65.1 cm³/mol. The van der Waals surface area contributed by atoms with Gasteiger partial charge in [-0.3, -0.25) is 14.4 Å². The lowest BCUT2D eigenvalue weighted by atomic mass is 9.94. The van der Waals surface area contributed by atoms with Gasteiger partial charge in [-0.2, -0.15) is 0 Å². The van der Waals surface area contributed by atoms with Gasteiger partial charge in [-0.25, -0.2) is 5.06 Å². The first-order valence-electron chi connectivity index (χ1n) is 6.11. The van der Waals surface area contributed by atoms with E-state index in [1.807, 2.05) is 0 Å². The van der Waals surface area contributed by atoms with Crippen molar-refractivity contribution < 1.29 is 19.2 Å². The summed E-state index contributed by atoms with van der Waals surface area (Å²) in [5.74, 6) is -1.14. The molecule has 19 heavy (non-hydrogen) atoms. The van der Waals surface area contributed by atoms with Gasteiger partial charge < -0.3 is 10.5 Å². The molecular weight excluding hydrogens is 248 g/mol. The number of hydrogen-bond acceptors (Lipinski definition) is 4. The van der Waals surface area contributed by atoms with Crippen LogP contribution < -0.4 is 5.73 Å². The van der Waals surface area contributed by atoms with Crippen LogP contribution >= 0.6 is 0 Å². The van der Waals surface area contributed by atoms with Crippen molar-refractivity contribution in [1.29, 1.82) is 0 Å². The number of primary amides is 1. The molecule has 3 rings (SSSR count). The molecule has 2 saturated heterocycles. The van der Waals surface area contributed by atoms with Crippen molar-refractivity contribution in [2.45, 2.75) is 12.0 Å². The van der Waals surface area contributed by atoms with Gasteiger partial charge in [-0.15, -0.1) is 0 Å². The molecule has 6 heteroatoms. The maximum Gasteiger partial charge on any atom is 0.256 e. The molecule has 0 saturated carbocycles. The summed E-state index contributed by atoms with van der Waals surface area (Å²) in [5.41, 5.74) is 6.33. The van der Waals surface area contributed by atoms with Crippen molar-refractivity contribution in [1.82, 2.24) is 5.06 Å². The van der Waals surface area contributed by atoms with Crippen LogP contribution in [0.3, 0.4) is 0 Å². The van der Waals surface area contributed by atoms with Crippen molar-refractivity contribution in [3.05, 3.63) is 35.4 Å². The van der Waals surface area contributed by atoms with Crippen molar-refractivity contribution in [3.8, 4) is 0 Å². The van der Waals surface area contributed by atoms with Crippen molar-refractivity contribution in [2.75, 3.05) is 19.8 Å². The van der Waals surface area contributed by atoms with Crippen molar-refractivity contribution >= 4 is 11.8 Å². The highest BCUT2D eigenvalue weighted by Gasteiger charge is 2.42. The van der Waals surface area contributed by atoms with E-state index in [9.17, 15) is 9.59 Å². The highest BCUT2D eigenvalue weighted by atomic mass is 16.7. The Labute approximate surface area is 110 Å². The molecule has 6 nitrogen and oxygen atoms in total. The number of ether oxygens (including phenoxy) is 1. The number of nitrogens with zero attached hydrogens (tertiary/aromatic N) is 1. The molecule has 0 aromatic heterocycles. The number of amides is 2. The molecule has 2 heterocycles. The molecule has 0 spiro atoms. The molecule has 0 aliphatic carbocycles. The number of carbonyl (C=O) groups is 2. The molecule has 0 unspecified atom stereocenters. The van der Waals surface area contributed by atoms with Crippen LogP contribution in [0, 0.1) is 0 Å². The first kappa shape index (κ1) is 12.1. The van der Waals surface area contributed by atoms with Gasteiger partial charge >= 0.3 is 0 Å². The monoisotopic (exact) mass is 262 g/mol. The van der Waals surface area contributed by atoms with Crippen LogP contribution in [0.5, 0.6) is 0 Å². The third-order valence-corrected chi connectivity index (χ3v) is 3.45. The lowest BCUT2D eigenvalue weighted by Gasteiger charge is -2.32. The smallest absolute Gasteiger partial charge is 0.256 e. The Balaban J connectivity index is 1.87. The Hall–Kier alpha value is -1.92. The number of hydroxylamine groups is 2. The van der Waals surface area contributed by atoms with E-state index in [1.54, 1.807) is 24.3 Å². The Morgan fingerprint density at radius 2 is 2.00 bits per heavy atom. The van der Waals surface area contributed by atoms with E-state index in [4.69, 9.17) is 15.3 Å². The standard InChI is InChI=1S/C13H14N2O4/c14-12(16)10-4-2-1-3-9(10)11-7-19-15(13(11)17)8-5-18-6-8/h1-4,8,11H,5-7H2,(H2,14,16)/t11-/m0/s1. The number of hydrogen-bond donors (Lipinski definition) is 1. The number of nitrogens with two attached hydrogens (primary N) is 1. The quantitative estimate of drug-likeness (QED) is 0.834. The summed E-state index contributed by atoms with van der Waals surface area (Å²) >= 11 is 0. The molecule has 1 atom stereocenters. The van der Waals surface area contributed by atoms with E-state index in [0.717, 1.165) is 0 Å². The normalized spacial score (nSPS) is 23.5. The van der Waals surface area contributed by atoms with Crippen molar-refractivity contribution in [3.63, 3.8) is 0 Å². The van der Waals surface area contributed by atoms with Gasteiger partial charge in [0.1, 0.15) is 6.04 Å². The highest BCUT2D eigenvalue weighted by molar-refractivity contribution is 5.97. The van der Waals surface area contributed by atoms with Crippen LogP contribution in [0.15, 0.2) is 24.3 Å². The average Bonchev–Trinajstić information content (AvgIpc) is 2.69. The molecule has 100 valence electrons. The number of carbonyl (C=O) groups excluding carboxylic acids is 2. The molecule has 2 aliphatic heterocycles. The average molecular weight is 262 g/mol. The Morgan fingerprint density at radius 3 is 2.63 bits per heavy atom. The van der Waals surface area contributed by atoms with Crippen LogP contribution in [0.2, 0.25) is 0 Å². The van der Waals surface area contributed by atoms with Gasteiger partial charge in [0.25, 0.3) is 5.91 Å². The summed E-state index contributed by atoms with van der Waals surface area (Å²) < 4.78 is 5.05. The van der Waals surface area contributed by atoms with E-state index >= 15 is 0 Å². The Bertz CT molecular complexity index is 527. The van der Waals surface area contributed by atoms with Gasteiger partial charge in [-0.05, 0) is 11.6 Å². The van der Waals surface area contributed by atoms with E-state index < -0.39 is 11.8 Å². The fourth-order valence-electron chi connectivity index (χ4n) is 2.34. The lowest BCUT2D eigenvalue weighted by Crippen LogP contribution is -2.49. The predicted octanol–water partition coefficient (Wildman–Crippen LogP) is 0.0417. The largest absolute Gasteiger partial charge is 0.377 e. The summed E-state index contributed by atoms with van der Waals surface area (Å²) in [5, 5.41) is 1.37. The molecule has 2 amide bonds. The van der Waals surface area contributed by atoms with E-state index in [1.165, 1.54) is 5.06 Å². The van der Waals surface area contributed by atoms with Gasteiger partial charge in [0, 0.05) is 5.56 Å². The lowest BCUT2D eigenvalue weighted by molar-refractivity contribution is -0.210. The van der Waals surface area contributed by atoms with Gasteiger partial charge in [0.05, 0.1) is 25.7 Å². The van der Waals surface area contributed by atoms with Gasteiger partial charge in [0.2, 0.25) is 5.91 Å². The zero-order valence-corrected chi connectivity index (χ0v) is 10.2. The molecular formula is C13H14N2O4. The second-order valence-electron chi connectivity index (χ2n) is 4.66. The SMILES string of the molecule is NC(=O)c1ccccc1[C@@H]1CON(C2COC2)C1=O. The summed E-state index contributed by atoms with van der Waals surface area (Å²) in [7, 11) is 0. The third kappa shape index (κ3) is 1.98. The second kappa shape index (κ2) is 4.64. The van der Waals surface area contributed by atoms with Crippen LogP contribution in [-0.4, -0.2) is 42.7 Å². The van der Waals surface area contributed by atoms with Crippen LogP contribution in [-0.2, 0) is 14.4 Å². The van der Waals surface area contributed by atoms with Gasteiger partial charge in [0.15, 0.2) is 0 Å². The first-order valence-corrected chi connectivity index (χ1v) is 6.11. The maximum absolute atomic E-state index is 12.3. The minimum Gasteiger partial charge on any atom is -0.377 e. The number of benzene rings is 1. The highest BCUT2D eigenvalue weighted by Crippen LogP contribution is 2.30. The Morgan fingerprint density at radius 1 is 1.26 bits per heavy atom. The van der Waals surface area contributed by atoms with Crippen LogP contribution in [0.1, 0.15) is 21.8 Å². The first-order chi connectivity index (χ1) is 9.18. The van der Waals surface area contributed by atoms with Gasteiger partial charge in [-0.1, -0.05) is 18.2 Å². The van der Waals surface area contributed by atoms with Crippen molar-refractivity contribution in [2.24, 2.45) is 5.73 Å². The molecule has 1 aromatic carbocycles. The summed E-state index contributed by atoms with van der Waals surface area (Å²) in [6.45, 7) is 1.23. The van der Waals surface area contributed by atoms with Crippen LogP contribution in [0.4, 0.5) is 0 Å². The topological polar surface area (TPSA) is 81.9 Å². The number of rotatable bonds is 3. The summed E-state index contributed by atoms with van der Waals surface area (Å²) in [6.07, 6.45) is 0. The molecule has 2 N–H and O–H groups in total. The zero-order chi connectivity index (χ0) is 13.4. The molecule has 0 bridgehead atoms. The van der Waals surface area contributed by atoms with Crippen LogP contribution in [0.25, 0.3) is 0 Å². The second-order valence-corrected chi connectivity index (χ2v) is 4.66. The fraction of sp³-hybridized carbons (Fsp3) is 0.385. The van der Waals surface area contributed by atoms with E-state index in [0.29, 0.717) is 24.3 Å². The zero-order valence-electron chi connectivity index (χ0n) is 10.2. The molecule has 2 aliphatic rings. The van der Waals surface area contributed by atoms with E-state index in [-0.39, 0.29) is 18.6 Å². The minimum atomic E-state index is -0.533. The molecule has 0 radical (unpaired) electrons. The summed E-state index contributed by atoms with van der Waals surface area (Å²) in [4.78, 5) is 29.1.